The van der Waals surface area contributed by atoms with Crippen molar-refractivity contribution in [2.45, 2.75) is 13.3 Å². The van der Waals surface area contributed by atoms with E-state index in [1.54, 1.807) is 13.2 Å². The second-order valence-corrected chi connectivity index (χ2v) is 7.81. The number of rotatable bonds is 6. The molecule has 5 nitrogen and oxygen atoms in total. The molecule has 0 saturated carbocycles. The third kappa shape index (κ3) is 4.57. The van der Waals surface area contributed by atoms with Crippen molar-refractivity contribution >= 4 is 22.9 Å². The van der Waals surface area contributed by atoms with Gasteiger partial charge in [0.15, 0.2) is 0 Å². The van der Waals surface area contributed by atoms with Crippen molar-refractivity contribution in [3.63, 3.8) is 0 Å². The van der Waals surface area contributed by atoms with Crippen LogP contribution in [0.3, 0.4) is 0 Å². The molecule has 0 spiro atoms. The Balaban J connectivity index is 1.34. The van der Waals surface area contributed by atoms with Crippen LogP contribution in [-0.2, 0) is 11.2 Å². The summed E-state index contributed by atoms with van der Waals surface area (Å²) >= 11 is 0. The third-order valence-electron chi connectivity index (χ3n) is 5.88. The Hall–Kier alpha value is -3.05. The van der Waals surface area contributed by atoms with Gasteiger partial charge in [0.25, 0.3) is 0 Å². The van der Waals surface area contributed by atoms with Gasteiger partial charge in [-0.25, -0.2) is 0 Å². The summed E-state index contributed by atoms with van der Waals surface area (Å²) in [5.74, 6) is 0.892. The second-order valence-electron chi connectivity index (χ2n) is 7.81. The first kappa shape index (κ1) is 20.2. The van der Waals surface area contributed by atoms with Crippen LogP contribution >= 0.6 is 0 Å². The number of hydrogen-bond acceptors (Lipinski definition) is 3. The van der Waals surface area contributed by atoms with Crippen LogP contribution in [0.5, 0.6) is 5.75 Å². The summed E-state index contributed by atoms with van der Waals surface area (Å²) < 4.78 is 5.35. The summed E-state index contributed by atoms with van der Waals surface area (Å²) in [6.07, 6.45) is 4.68. The molecule has 5 heteroatoms. The van der Waals surface area contributed by atoms with E-state index < -0.39 is 0 Å². The predicted octanol–water partition coefficient (Wildman–Crippen LogP) is 3.89. The monoisotopic (exact) mass is 403 g/mol. The molecule has 1 fully saturated rings. The lowest BCUT2D eigenvalue weighted by molar-refractivity contribution is -0.127. The molecule has 2 aromatic carbocycles. The number of fused-ring (bicyclic) bond motifs is 1. The molecule has 1 aliphatic heterocycles. The number of aromatic nitrogens is 1. The molecule has 1 amide bonds. The highest BCUT2D eigenvalue weighted by molar-refractivity contribution is 5.97. The number of H-pyrrole nitrogens is 1. The maximum Gasteiger partial charge on any atom is 0.246 e. The Labute approximate surface area is 177 Å². The molecule has 1 saturated heterocycles. The molecular weight excluding hydrogens is 374 g/mol. The quantitative estimate of drug-likeness (QED) is 0.636. The first-order valence-corrected chi connectivity index (χ1v) is 10.5. The third-order valence-corrected chi connectivity index (χ3v) is 5.88. The van der Waals surface area contributed by atoms with Crippen LogP contribution in [0.25, 0.3) is 17.0 Å². The SMILES string of the molecule is COc1ccc2[nH]c(C)c(/C=C/C(=O)N3CCN(CCc4ccccc4)CC3)c2c1. The minimum atomic E-state index is 0.0781. The summed E-state index contributed by atoms with van der Waals surface area (Å²) in [6.45, 7) is 6.48. The molecule has 1 aromatic heterocycles. The molecule has 0 aliphatic carbocycles. The molecule has 2 heterocycles. The number of benzene rings is 2. The number of piperazine rings is 1. The van der Waals surface area contributed by atoms with E-state index in [4.69, 9.17) is 4.74 Å². The molecule has 1 aliphatic rings. The molecule has 30 heavy (non-hydrogen) atoms. The van der Waals surface area contributed by atoms with E-state index in [0.717, 1.165) is 67.1 Å². The van der Waals surface area contributed by atoms with E-state index in [0.29, 0.717) is 0 Å². The minimum Gasteiger partial charge on any atom is -0.497 e. The zero-order valence-electron chi connectivity index (χ0n) is 17.7. The molecule has 1 N–H and O–H groups in total. The van der Waals surface area contributed by atoms with Crippen LogP contribution < -0.4 is 4.74 Å². The Morgan fingerprint density at radius 2 is 1.87 bits per heavy atom. The number of carbonyl (C=O) groups is 1. The van der Waals surface area contributed by atoms with Crippen LogP contribution in [-0.4, -0.2) is 60.5 Å². The van der Waals surface area contributed by atoms with Gasteiger partial charge in [-0.05, 0) is 43.2 Å². The highest BCUT2D eigenvalue weighted by Gasteiger charge is 2.19. The average Bonchev–Trinajstić information content (AvgIpc) is 3.11. The van der Waals surface area contributed by atoms with Crippen LogP contribution in [0, 0.1) is 6.92 Å². The van der Waals surface area contributed by atoms with Crippen molar-refractivity contribution in [1.29, 1.82) is 0 Å². The van der Waals surface area contributed by atoms with Crippen molar-refractivity contribution in [2.75, 3.05) is 39.8 Å². The summed E-state index contributed by atoms with van der Waals surface area (Å²) in [6, 6.07) is 16.5. The number of ether oxygens (including phenoxy) is 1. The van der Waals surface area contributed by atoms with E-state index in [1.165, 1.54) is 5.56 Å². The predicted molar refractivity (Wildman–Crippen MR) is 122 cm³/mol. The standard InChI is InChI=1S/C25H29N3O2/c1-19-22(23-18-21(30-2)8-10-24(23)26-19)9-11-25(29)28-16-14-27(15-17-28)13-12-20-6-4-3-5-7-20/h3-11,18,26H,12-17H2,1-2H3/b11-9+. The fourth-order valence-corrected chi connectivity index (χ4v) is 4.05. The number of hydrogen-bond donors (Lipinski definition) is 1. The molecule has 0 atom stereocenters. The van der Waals surface area contributed by atoms with Gasteiger partial charge in [-0.3, -0.25) is 9.69 Å². The zero-order valence-corrected chi connectivity index (χ0v) is 17.7. The van der Waals surface area contributed by atoms with Crippen LogP contribution in [0.4, 0.5) is 0 Å². The topological polar surface area (TPSA) is 48.6 Å². The molecular formula is C25H29N3O2. The lowest BCUT2D eigenvalue weighted by atomic mass is 10.1. The maximum absolute atomic E-state index is 12.7. The summed E-state index contributed by atoms with van der Waals surface area (Å²) in [5.41, 5.74) is 4.50. The van der Waals surface area contributed by atoms with Gasteiger partial charge in [-0.15, -0.1) is 0 Å². The number of nitrogens with one attached hydrogen (secondary N) is 1. The number of amides is 1. The van der Waals surface area contributed by atoms with Gasteiger partial charge in [0.2, 0.25) is 5.91 Å². The van der Waals surface area contributed by atoms with Gasteiger partial charge >= 0.3 is 0 Å². The van der Waals surface area contributed by atoms with E-state index in [1.807, 2.05) is 36.1 Å². The zero-order chi connectivity index (χ0) is 20.9. The molecule has 156 valence electrons. The van der Waals surface area contributed by atoms with Gasteiger partial charge in [0, 0.05) is 61.0 Å². The summed E-state index contributed by atoms with van der Waals surface area (Å²) in [4.78, 5) is 20.5. The summed E-state index contributed by atoms with van der Waals surface area (Å²) in [7, 11) is 1.67. The van der Waals surface area contributed by atoms with E-state index in [9.17, 15) is 4.79 Å². The minimum absolute atomic E-state index is 0.0781. The number of methoxy groups -OCH3 is 1. The first-order chi connectivity index (χ1) is 14.6. The molecule has 0 radical (unpaired) electrons. The Kier molecular flexibility index (Phi) is 6.19. The molecule has 4 rings (SSSR count). The number of nitrogens with zero attached hydrogens (tertiary/aromatic N) is 2. The van der Waals surface area contributed by atoms with Crippen molar-refractivity contribution < 1.29 is 9.53 Å². The fourth-order valence-electron chi connectivity index (χ4n) is 4.05. The second kappa shape index (κ2) is 9.18. The van der Waals surface area contributed by atoms with E-state index in [2.05, 4.69) is 40.2 Å². The van der Waals surface area contributed by atoms with Gasteiger partial charge < -0.3 is 14.6 Å². The summed E-state index contributed by atoms with van der Waals surface area (Å²) in [5, 5.41) is 1.07. The normalized spacial score (nSPS) is 15.2. The van der Waals surface area contributed by atoms with Gasteiger partial charge in [0.1, 0.15) is 5.75 Å². The van der Waals surface area contributed by atoms with Gasteiger partial charge in [-0.2, -0.15) is 0 Å². The highest BCUT2D eigenvalue weighted by atomic mass is 16.5. The van der Waals surface area contributed by atoms with E-state index in [-0.39, 0.29) is 5.91 Å². The van der Waals surface area contributed by atoms with Crippen LogP contribution in [0.1, 0.15) is 16.8 Å². The number of carbonyl (C=O) groups excluding carboxylic acids is 1. The van der Waals surface area contributed by atoms with Crippen molar-refractivity contribution in [3.8, 4) is 5.75 Å². The first-order valence-electron chi connectivity index (χ1n) is 10.5. The largest absolute Gasteiger partial charge is 0.497 e. The molecule has 0 bridgehead atoms. The molecule has 3 aromatic rings. The van der Waals surface area contributed by atoms with Gasteiger partial charge in [0.05, 0.1) is 7.11 Å². The smallest absolute Gasteiger partial charge is 0.246 e. The van der Waals surface area contributed by atoms with Crippen molar-refractivity contribution in [1.82, 2.24) is 14.8 Å². The Bertz CT molecular complexity index is 1030. The van der Waals surface area contributed by atoms with Crippen LogP contribution in [0.2, 0.25) is 0 Å². The lowest BCUT2D eigenvalue weighted by Gasteiger charge is -2.34. The van der Waals surface area contributed by atoms with Gasteiger partial charge in [-0.1, -0.05) is 30.3 Å². The maximum atomic E-state index is 12.7. The van der Waals surface area contributed by atoms with Crippen molar-refractivity contribution in [3.05, 3.63) is 71.4 Å². The average molecular weight is 404 g/mol. The van der Waals surface area contributed by atoms with Crippen LogP contribution in [0.15, 0.2) is 54.6 Å². The van der Waals surface area contributed by atoms with Crippen molar-refractivity contribution in [2.24, 2.45) is 0 Å². The number of aryl methyl sites for hydroxylation is 1. The Morgan fingerprint density at radius 1 is 1.10 bits per heavy atom. The highest BCUT2D eigenvalue weighted by Crippen LogP contribution is 2.27. The van der Waals surface area contributed by atoms with E-state index >= 15 is 0 Å². The number of aromatic amines is 1. The fraction of sp³-hybridized carbons (Fsp3) is 0.320. The molecule has 0 unspecified atom stereocenters. The lowest BCUT2D eigenvalue weighted by Crippen LogP contribution is -2.48. The Morgan fingerprint density at radius 3 is 2.60 bits per heavy atom.